The van der Waals surface area contributed by atoms with E-state index in [1.54, 1.807) is 12.0 Å². The van der Waals surface area contributed by atoms with Gasteiger partial charge in [-0.1, -0.05) is 91.0 Å². The van der Waals surface area contributed by atoms with Crippen LogP contribution in [-0.4, -0.2) is 45.8 Å². The van der Waals surface area contributed by atoms with Gasteiger partial charge < -0.3 is 23.8 Å². The highest BCUT2D eigenvalue weighted by Gasteiger charge is 2.43. The molecule has 6 rings (SSSR count). The number of nitrogens with zero attached hydrogens (tertiary/aromatic N) is 1. The van der Waals surface area contributed by atoms with Crippen LogP contribution in [-0.2, 0) is 26.2 Å². The molecule has 204 valence electrons. The zero-order valence-electron chi connectivity index (χ0n) is 22.4. The van der Waals surface area contributed by atoms with Gasteiger partial charge in [-0.3, -0.25) is 10.1 Å². The number of ether oxygens (including phenoxy) is 4. The Hall–Kier alpha value is -4.17. The van der Waals surface area contributed by atoms with E-state index in [0.29, 0.717) is 31.1 Å². The first-order valence-electron chi connectivity index (χ1n) is 13.5. The van der Waals surface area contributed by atoms with Crippen molar-refractivity contribution in [2.75, 3.05) is 38.7 Å². The minimum absolute atomic E-state index is 0.0282. The van der Waals surface area contributed by atoms with Crippen molar-refractivity contribution in [1.29, 1.82) is 0 Å². The lowest BCUT2D eigenvalue weighted by molar-refractivity contribution is -0.121. The third-order valence-corrected chi connectivity index (χ3v) is 7.52. The molecule has 0 saturated heterocycles. The van der Waals surface area contributed by atoms with Gasteiger partial charge >= 0.3 is 0 Å². The Morgan fingerprint density at radius 3 is 1.95 bits per heavy atom. The number of nitrogens with one attached hydrogen (secondary N) is 1. The van der Waals surface area contributed by atoms with Crippen LogP contribution in [0.5, 0.6) is 11.5 Å². The predicted molar refractivity (Wildman–Crippen MR) is 153 cm³/mol. The van der Waals surface area contributed by atoms with E-state index in [1.807, 2.05) is 66.7 Å². The summed E-state index contributed by atoms with van der Waals surface area (Å²) < 4.78 is 22.0. The summed E-state index contributed by atoms with van der Waals surface area (Å²) in [6.45, 7) is 1.05. The fourth-order valence-corrected chi connectivity index (χ4v) is 5.72. The quantitative estimate of drug-likeness (QED) is 0.177. The Bertz CT molecular complexity index is 1350. The Morgan fingerprint density at radius 2 is 1.40 bits per heavy atom. The lowest BCUT2D eigenvalue weighted by atomic mass is 9.76. The molecule has 1 atom stereocenters. The fraction of sp³-hybridized carbons (Fsp3) is 0.242. The van der Waals surface area contributed by atoms with Gasteiger partial charge in [-0.2, -0.15) is 0 Å². The van der Waals surface area contributed by atoms with Gasteiger partial charge in [-0.15, -0.1) is 0 Å². The SMILES string of the molecule is COCOCCN1C(=O)[C@@H](NC(c2ccccc2)(c2ccccc2)c2ccccc2)Cc2cc3c(cc21)OCO3. The second-order valence-electron chi connectivity index (χ2n) is 9.89. The van der Waals surface area contributed by atoms with E-state index < -0.39 is 11.6 Å². The summed E-state index contributed by atoms with van der Waals surface area (Å²) in [4.78, 5) is 16.1. The van der Waals surface area contributed by atoms with Crippen LogP contribution in [0.1, 0.15) is 22.3 Å². The number of carbonyl (C=O) groups excluding carboxylic acids is 1. The van der Waals surface area contributed by atoms with Gasteiger partial charge in [0.05, 0.1) is 23.9 Å². The topological polar surface area (TPSA) is 69.3 Å². The van der Waals surface area contributed by atoms with Crippen molar-refractivity contribution in [2.24, 2.45) is 0 Å². The number of hydrogen-bond acceptors (Lipinski definition) is 6. The molecule has 2 heterocycles. The van der Waals surface area contributed by atoms with Crippen LogP contribution in [0, 0.1) is 0 Å². The van der Waals surface area contributed by atoms with Gasteiger partial charge in [0, 0.05) is 19.7 Å². The maximum atomic E-state index is 14.3. The molecule has 0 aliphatic carbocycles. The molecule has 0 saturated carbocycles. The second-order valence-corrected chi connectivity index (χ2v) is 9.89. The number of carbonyl (C=O) groups is 1. The number of anilines is 1. The Balaban J connectivity index is 1.46. The fourth-order valence-electron chi connectivity index (χ4n) is 5.72. The second kappa shape index (κ2) is 11.5. The molecule has 0 fully saturated rings. The van der Waals surface area contributed by atoms with Gasteiger partial charge in [0.15, 0.2) is 11.5 Å². The first-order chi connectivity index (χ1) is 19.7. The van der Waals surface area contributed by atoms with Crippen LogP contribution in [0.3, 0.4) is 0 Å². The summed E-state index contributed by atoms with van der Waals surface area (Å²) >= 11 is 0. The third kappa shape index (κ3) is 4.84. The van der Waals surface area contributed by atoms with Crippen molar-refractivity contribution < 1.29 is 23.7 Å². The maximum Gasteiger partial charge on any atom is 0.244 e. The molecule has 0 radical (unpaired) electrons. The highest BCUT2D eigenvalue weighted by molar-refractivity contribution is 6.01. The molecular weight excluding hydrogens is 504 g/mol. The summed E-state index contributed by atoms with van der Waals surface area (Å²) in [5, 5.41) is 3.88. The number of fused-ring (bicyclic) bond motifs is 2. The molecule has 4 aromatic carbocycles. The first kappa shape index (κ1) is 26.1. The molecule has 0 bridgehead atoms. The van der Waals surface area contributed by atoms with Gasteiger partial charge in [-0.25, -0.2) is 0 Å². The number of hydrogen-bond donors (Lipinski definition) is 1. The van der Waals surface area contributed by atoms with Gasteiger partial charge in [-0.05, 0) is 34.7 Å². The number of rotatable bonds is 10. The lowest BCUT2D eigenvalue weighted by Crippen LogP contribution is -2.59. The van der Waals surface area contributed by atoms with Crippen molar-refractivity contribution in [2.45, 2.75) is 18.0 Å². The Kier molecular flexibility index (Phi) is 7.51. The van der Waals surface area contributed by atoms with E-state index in [-0.39, 0.29) is 19.5 Å². The Morgan fingerprint density at radius 1 is 0.850 bits per heavy atom. The van der Waals surface area contributed by atoms with Crippen molar-refractivity contribution in [3.63, 3.8) is 0 Å². The molecule has 0 unspecified atom stereocenters. The minimum atomic E-state index is -0.782. The van der Waals surface area contributed by atoms with Crippen LogP contribution in [0.4, 0.5) is 5.69 Å². The summed E-state index contributed by atoms with van der Waals surface area (Å²) in [6, 6.07) is 34.3. The first-order valence-corrected chi connectivity index (χ1v) is 13.5. The van der Waals surface area contributed by atoms with Gasteiger partial charge in [0.1, 0.15) is 6.79 Å². The molecule has 0 aromatic heterocycles. The molecule has 1 amide bonds. The molecule has 0 spiro atoms. The van der Waals surface area contributed by atoms with Crippen molar-refractivity contribution in [3.8, 4) is 11.5 Å². The van der Waals surface area contributed by atoms with E-state index in [0.717, 1.165) is 27.9 Å². The summed E-state index contributed by atoms with van der Waals surface area (Å²) in [5.41, 5.74) is 4.19. The highest BCUT2D eigenvalue weighted by Crippen LogP contribution is 2.43. The monoisotopic (exact) mass is 536 g/mol. The summed E-state index contributed by atoms with van der Waals surface area (Å²) in [5.74, 6) is 1.32. The highest BCUT2D eigenvalue weighted by atomic mass is 16.7. The molecule has 2 aliphatic heterocycles. The number of methoxy groups -OCH3 is 1. The van der Waals surface area contributed by atoms with Crippen molar-refractivity contribution >= 4 is 11.6 Å². The molecule has 2 aliphatic rings. The zero-order chi connectivity index (χ0) is 27.4. The van der Waals surface area contributed by atoms with Crippen LogP contribution in [0.25, 0.3) is 0 Å². The van der Waals surface area contributed by atoms with E-state index in [4.69, 9.17) is 18.9 Å². The van der Waals surface area contributed by atoms with E-state index >= 15 is 0 Å². The number of amides is 1. The maximum absolute atomic E-state index is 14.3. The molecule has 4 aromatic rings. The van der Waals surface area contributed by atoms with E-state index in [2.05, 4.69) is 41.7 Å². The largest absolute Gasteiger partial charge is 0.454 e. The Labute approximate surface area is 234 Å². The predicted octanol–water partition coefficient (Wildman–Crippen LogP) is 4.88. The van der Waals surface area contributed by atoms with Gasteiger partial charge in [0.2, 0.25) is 12.7 Å². The van der Waals surface area contributed by atoms with Gasteiger partial charge in [0.25, 0.3) is 0 Å². The van der Waals surface area contributed by atoms with Crippen LogP contribution >= 0.6 is 0 Å². The average Bonchev–Trinajstić information content (AvgIpc) is 3.47. The molecular formula is C33H32N2O5. The summed E-state index contributed by atoms with van der Waals surface area (Å²) in [6.07, 6.45) is 0.495. The van der Waals surface area contributed by atoms with E-state index in [1.165, 1.54) is 0 Å². The van der Waals surface area contributed by atoms with Crippen molar-refractivity contribution in [3.05, 3.63) is 125 Å². The van der Waals surface area contributed by atoms with E-state index in [9.17, 15) is 4.79 Å². The molecule has 40 heavy (non-hydrogen) atoms. The lowest BCUT2D eigenvalue weighted by Gasteiger charge is -2.43. The van der Waals surface area contributed by atoms with Crippen LogP contribution in [0.2, 0.25) is 0 Å². The summed E-state index contributed by atoms with van der Waals surface area (Å²) in [7, 11) is 1.58. The standard InChI is InChI=1S/C33H32N2O5/c1-37-22-38-18-17-35-29-21-31-30(39-23-40-31)20-24(29)19-28(32(35)36)34-33(25-11-5-2-6-12-25,26-13-7-3-8-14-26)27-15-9-4-10-16-27/h2-16,20-21,28,34H,17-19,22-23H2,1H3/t28-/m0/s1. The van der Waals surface area contributed by atoms with Crippen LogP contribution < -0.4 is 19.7 Å². The smallest absolute Gasteiger partial charge is 0.244 e. The molecule has 7 nitrogen and oxygen atoms in total. The zero-order valence-corrected chi connectivity index (χ0v) is 22.4. The third-order valence-electron chi connectivity index (χ3n) is 7.52. The molecule has 1 N–H and O–H groups in total. The van der Waals surface area contributed by atoms with Crippen molar-refractivity contribution in [1.82, 2.24) is 5.32 Å². The average molecular weight is 537 g/mol. The van der Waals surface area contributed by atoms with Crippen LogP contribution in [0.15, 0.2) is 103 Å². The minimum Gasteiger partial charge on any atom is -0.454 e. The normalized spacial score (nSPS) is 16.2. The molecule has 7 heteroatoms. The number of benzene rings is 4.